The summed E-state index contributed by atoms with van der Waals surface area (Å²) in [5, 5.41) is 0.736. The molecule has 0 saturated heterocycles. The Labute approximate surface area is 215 Å². The SMILES string of the molecule is COCCCN(CC(=O)N(Cc1cccn1Cc1ccccc1Cl)CC(C)C)C(=O)C1CCCC1. The van der Waals surface area contributed by atoms with Gasteiger partial charge in [-0.15, -0.1) is 0 Å². The third-order valence-electron chi connectivity index (χ3n) is 6.63. The number of methoxy groups -OCH3 is 1. The van der Waals surface area contributed by atoms with E-state index in [1.54, 1.807) is 12.0 Å². The standard InChI is InChI=1S/C28H40ClN3O3/c1-22(2)18-32(20-25-13-8-15-30(25)19-24-12-6-7-14-26(24)29)27(33)21-31(16-9-17-35-3)28(34)23-10-4-5-11-23/h6-8,12-15,22-23H,4-5,9-11,16-21H2,1-3H3. The first-order valence-corrected chi connectivity index (χ1v) is 13.2. The molecule has 0 radical (unpaired) electrons. The number of hydrogen-bond donors (Lipinski definition) is 0. The lowest BCUT2D eigenvalue weighted by Gasteiger charge is -2.30. The molecule has 192 valence electrons. The van der Waals surface area contributed by atoms with Crippen molar-refractivity contribution < 1.29 is 14.3 Å². The van der Waals surface area contributed by atoms with E-state index in [9.17, 15) is 9.59 Å². The van der Waals surface area contributed by atoms with Crippen LogP contribution in [-0.2, 0) is 27.4 Å². The molecule has 1 aromatic carbocycles. The lowest BCUT2D eigenvalue weighted by atomic mass is 10.1. The minimum atomic E-state index is -0.00652. The van der Waals surface area contributed by atoms with Gasteiger partial charge in [0.05, 0.1) is 13.1 Å². The van der Waals surface area contributed by atoms with E-state index in [0.29, 0.717) is 38.7 Å². The molecular formula is C28H40ClN3O3. The monoisotopic (exact) mass is 501 g/mol. The molecule has 0 N–H and O–H groups in total. The Morgan fingerprint density at radius 1 is 1.11 bits per heavy atom. The second-order valence-corrected chi connectivity index (χ2v) is 10.4. The second kappa shape index (κ2) is 13.7. The Bertz CT molecular complexity index is 952. The molecule has 0 bridgehead atoms. The number of benzene rings is 1. The fourth-order valence-electron chi connectivity index (χ4n) is 4.81. The molecule has 1 aliphatic carbocycles. The number of nitrogens with zero attached hydrogens (tertiary/aromatic N) is 3. The zero-order valence-corrected chi connectivity index (χ0v) is 22.2. The van der Waals surface area contributed by atoms with E-state index in [1.165, 1.54) is 0 Å². The third-order valence-corrected chi connectivity index (χ3v) is 7.00. The average molecular weight is 502 g/mol. The van der Waals surface area contributed by atoms with Gasteiger partial charge < -0.3 is 19.1 Å². The molecule has 1 saturated carbocycles. The molecule has 1 fully saturated rings. The van der Waals surface area contributed by atoms with E-state index < -0.39 is 0 Å². The average Bonchev–Trinajstić information content (AvgIpc) is 3.51. The van der Waals surface area contributed by atoms with Crippen LogP contribution < -0.4 is 0 Å². The van der Waals surface area contributed by atoms with Crippen molar-refractivity contribution in [2.24, 2.45) is 11.8 Å². The van der Waals surface area contributed by atoms with Crippen LogP contribution in [0.2, 0.25) is 5.02 Å². The summed E-state index contributed by atoms with van der Waals surface area (Å²) in [6.07, 6.45) is 6.80. The zero-order chi connectivity index (χ0) is 25.2. The van der Waals surface area contributed by atoms with Gasteiger partial charge in [-0.2, -0.15) is 0 Å². The van der Waals surface area contributed by atoms with Crippen LogP contribution in [0.3, 0.4) is 0 Å². The number of rotatable bonds is 13. The molecule has 2 aromatic rings. The van der Waals surface area contributed by atoms with Gasteiger partial charge in [-0.3, -0.25) is 9.59 Å². The van der Waals surface area contributed by atoms with Gasteiger partial charge >= 0.3 is 0 Å². The van der Waals surface area contributed by atoms with Crippen molar-refractivity contribution in [3.05, 3.63) is 58.9 Å². The molecule has 1 aliphatic rings. The summed E-state index contributed by atoms with van der Waals surface area (Å²) >= 11 is 6.39. The number of halogens is 1. The molecule has 2 amide bonds. The summed E-state index contributed by atoms with van der Waals surface area (Å²) in [6.45, 7) is 7.26. The maximum absolute atomic E-state index is 13.6. The third kappa shape index (κ3) is 8.11. The maximum atomic E-state index is 13.6. The van der Waals surface area contributed by atoms with Gasteiger partial charge in [0.1, 0.15) is 0 Å². The highest BCUT2D eigenvalue weighted by Gasteiger charge is 2.29. The predicted molar refractivity (Wildman–Crippen MR) is 140 cm³/mol. The minimum absolute atomic E-state index is 0.00652. The predicted octanol–water partition coefficient (Wildman–Crippen LogP) is 5.23. The quantitative estimate of drug-likeness (QED) is 0.353. The minimum Gasteiger partial charge on any atom is -0.385 e. The van der Waals surface area contributed by atoms with E-state index in [2.05, 4.69) is 24.5 Å². The summed E-state index contributed by atoms with van der Waals surface area (Å²) in [5.74, 6) is 0.488. The van der Waals surface area contributed by atoms with Crippen LogP contribution in [0.4, 0.5) is 0 Å². The Morgan fingerprint density at radius 3 is 2.54 bits per heavy atom. The van der Waals surface area contributed by atoms with Gasteiger partial charge in [-0.05, 0) is 48.9 Å². The van der Waals surface area contributed by atoms with Crippen LogP contribution in [0.5, 0.6) is 0 Å². The normalized spacial score (nSPS) is 14.0. The molecular weight excluding hydrogens is 462 g/mol. The van der Waals surface area contributed by atoms with Crippen LogP contribution in [0, 0.1) is 11.8 Å². The molecule has 35 heavy (non-hydrogen) atoms. The van der Waals surface area contributed by atoms with E-state index >= 15 is 0 Å². The van der Waals surface area contributed by atoms with Crippen molar-refractivity contribution in [3.8, 4) is 0 Å². The maximum Gasteiger partial charge on any atom is 0.242 e. The summed E-state index contributed by atoms with van der Waals surface area (Å²) < 4.78 is 7.34. The van der Waals surface area contributed by atoms with Gasteiger partial charge in [-0.1, -0.05) is 56.5 Å². The molecule has 7 heteroatoms. The largest absolute Gasteiger partial charge is 0.385 e. The van der Waals surface area contributed by atoms with Crippen molar-refractivity contribution >= 4 is 23.4 Å². The lowest BCUT2D eigenvalue weighted by molar-refractivity contribution is -0.143. The van der Waals surface area contributed by atoms with Gasteiger partial charge in [0.2, 0.25) is 11.8 Å². The molecule has 1 aromatic heterocycles. The van der Waals surface area contributed by atoms with E-state index in [4.69, 9.17) is 16.3 Å². The highest BCUT2D eigenvalue weighted by Crippen LogP contribution is 2.27. The van der Waals surface area contributed by atoms with Crippen LogP contribution in [-0.4, -0.2) is 59.5 Å². The first-order chi connectivity index (χ1) is 16.9. The first-order valence-electron chi connectivity index (χ1n) is 12.8. The number of hydrogen-bond acceptors (Lipinski definition) is 3. The van der Waals surface area contributed by atoms with Gasteiger partial charge in [0.25, 0.3) is 0 Å². The number of carbonyl (C=O) groups excluding carboxylic acids is 2. The Morgan fingerprint density at radius 2 is 1.86 bits per heavy atom. The van der Waals surface area contributed by atoms with Crippen LogP contribution in [0.15, 0.2) is 42.6 Å². The Hall–Kier alpha value is -2.31. The second-order valence-electron chi connectivity index (χ2n) is 9.97. The topological polar surface area (TPSA) is 54.8 Å². The number of amides is 2. The van der Waals surface area contributed by atoms with E-state index in [-0.39, 0.29) is 24.3 Å². The highest BCUT2D eigenvalue weighted by atomic mass is 35.5. The summed E-state index contributed by atoms with van der Waals surface area (Å²) in [4.78, 5) is 30.5. The summed E-state index contributed by atoms with van der Waals surface area (Å²) in [6, 6.07) is 11.9. The molecule has 0 spiro atoms. The lowest BCUT2D eigenvalue weighted by Crippen LogP contribution is -2.46. The van der Waals surface area contributed by atoms with Crippen LogP contribution in [0.1, 0.15) is 57.2 Å². The fraction of sp³-hybridized carbons (Fsp3) is 0.571. The molecule has 0 unspecified atom stereocenters. The van der Waals surface area contributed by atoms with Crippen LogP contribution >= 0.6 is 11.6 Å². The fourth-order valence-corrected chi connectivity index (χ4v) is 5.00. The molecule has 0 aliphatic heterocycles. The van der Waals surface area contributed by atoms with Crippen LogP contribution in [0.25, 0.3) is 0 Å². The number of ether oxygens (including phenoxy) is 1. The van der Waals surface area contributed by atoms with Crippen molar-refractivity contribution in [3.63, 3.8) is 0 Å². The first kappa shape index (κ1) is 27.3. The molecule has 6 nitrogen and oxygen atoms in total. The smallest absolute Gasteiger partial charge is 0.242 e. The van der Waals surface area contributed by atoms with Crippen molar-refractivity contribution in [1.82, 2.24) is 14.4 Å². The number of carbonyl (C=O) groups is 2. The van der Waals surface area contributed by atoms with Gasteiger partial charge in [0.15, 0.2) is 0 Å². The molecule has 3 rings (SSSR count). The van der Waals surface area contributed by atoms with Crippen molar-refractivity contribution in [2.75, 3.05) is 33.4 Å². The Kier molecular flexibility index (Phi) is 10.7. The molecule has 0 atom stereocenters. The summed E-state index contributed by atoms with van der Waals surface area (Å²) in [5.41, 5.74) is 2.09. The number of aromatic nitrogens is 1. The summed E-state index contributed by atoms with van der Waals surface area (Å²) in [7, 11) is 1.66. The van der Waals surface area contributed by atoms with E-state index in [0.717, 1.165) is 48.4 Å². The van der Waals surface area contributed by atoms with Gasteiger partial charge in [-0.25, -0.2) is 0 Å². The Balaban J connectivity index is 1.73. The zero-order valence-electron chi connectivity index (χ0n) is 21.4. The highest BCUT2D eigenvalue weighted by molar-refractivity contribution is 6.31. The van der Waals surface area contributed by atoms with Crippen molar-refractivity contribution in [2.45, 2.75) is 59.0 Å². The molecule has 1 heterocycles. The van der Waals surface area contributed by atoms with Gasteiger partial charge in [0, 0.05) is 56.2 Å². The van der Waals surface area contributed by atoms with E-state index in [1.807, 2.05) is 41.4 Å². The van der Waals surface area contributed by atoms with Crippen molar-refractivity contribution in [1.29, 1.82) is 0 Å².